The topological polar surface area (TPSA) is 98.6 Å². The highest BCUT2D eigenvalue weighted by molar-refractivity contribution is 6.08. The summed E-state index contributed by atoms with van der Waals surface area (Å²) in [4.78, 5) is 15.4. The van der Waals surface area contributed by atoms with Gasteiger partial charge >= 0.3 is 5.97 Å². The second kappa shape index (κ2) is 13.8. The van der Waals surface area contributed by atoms with E-state index in [4.69, 9.17) is 22.7 Å². The van der Waals surface area contributed by atoms with Crippen molar-refractivity contribution in [2.24, 2.45) is 17.6 Å². The molecule has 3 unspecified atom stereocenters. The summed E-state index contributed by atoms with van der Waals surface area (Å²) in [5.41, 5.74) is 8.92. The van der Waals surface area contributed by atoms with E-state index in [-0.39, 0.29) is 25.3 Å². The van der Waals surface area contributed by atoms with Crippen molar-refractivity contribution in [3.63, 3.8) is 0 Å². The third-order valence-corrected chi connectivity index (χ3v) is 7.74. The summed E-state index contributed by atoms with van der Waals surface area (Å²) in [5.74, 6) is 1.28. The van der Waals surface area contributed by atoms with Gasteiger partial charge in [-0.25, -0.2) is 4.39 Å². The van der Waals surface area contributed by atoms with Gasteiger partial charge in [-0.05, 0) is 61.1 Å². The van der Waals surface area contributed by atoms with Gasteiger partial charge in [0, 0.05) is 40.7 Å². The van der Waals surface area contributed by atoms with E-state index < -0.39 is 11.8 Å². The predicted octanol–water partition coefficient (Wildman–Crippen LogP) is 7.43. The number of pyridine rings is 1. The Kier molecular flexibility index (Phi) is 10.2. The maximum absolute atomic E-state index is 15.4. The second-order valence-corrected chi connectivity index (χ2v) is 10.5. The average molecular weight is 556 g/mol. The number of ether oxygens (including phenoxy) is 1. The van der Waals surface area contributed by atoms with Crippen molar-refractivity contribution in [3.05, 3.63) is 83.1 Å². The van der Waals surface area contributed by atoms with Gasteiger partial charge in [0.15, 0.2) is 5.82 Å². The summed E-state index contributed by atoms with van der Waals surface area (Å²) < 4.78 is 28.0. The van der Waals surface area contributed by atoms with Crippen molar-refractivity contribution in [2.45, 2.75) is 71.8 Å². The largest absolute Gasteiger partial charge is 0.489 e. The number of hydrogen-bond acceptors (Lipinski definition) is 5. The Morgan fingerprint density at radius 3 is 2.66 bits per heavy atom. The van der Waals surface area contributed by atoms with Crippen molar-refractivity contribution in [1.82, 2.24) is 4.98 Å². The molecule has 2 radical (unpaired) electrons. The fraction of sp³-hybridized carbons (Fsp3) is 0.394. The van der Waals surface area contributed by atoms with Gasteiger partial charge in [0.25, 0.3) is 0 Å². The van der Waals surface area contributed by atoms with Gasteiger partial charge in [-0.15, -0.1) is 0 Å². The lowest BCUT2D eigenvalue weighted by molar-refractivity contribution is -0.136. The highest BCUT2D eigenvalue weighted by Crippen LogP contribution is 2.48. The summed E-state index contributed by atoms with van der Waals surface area (Å²) in [6, 6.07) is 14.6. The Bertz CT molecular complexity index is 1490. The molecule has 6 nitrogen and oxygen atoms in total. The van der Waals surface area contributed by atoms with Crippen LogP contribution in [0.15, 0.2) is 59.1 Å². The molecule has 0 saturated heterocycles. The normalized spacial score (nSPS) is 16.9. The molecule has 0 amide bonds. The molecule has 3 atom stereocenters. The van der Waals surface area contributed by atoms with E-state index in [0.717, 1.165) is 36.0 Å². The van der Waals surface area contributed by atoms with Gasteiger partial charge in [-0.3, -0.25) is 9.78 Å². The summed E-state index contributed by atoms with van der Waals surface area (Å²) in [6.07, 6.45) is 5.33. The lowest BCUT2D eigenvalue weighted by Crippen LogP contribution is -2.25. The minimum absolute atomic E-state index is 0.0154. The molecule has 8 heteroatoms. The number of rotatable bonds is 11. The number of aromatic nitrogens is 1. The van der Waals surface area contributed by atoms with Crippen molar-refractivity contribution >= 4 is 24.8 Å². The first-order chi connectivity index (χ1) is 19.9. The number of nitrogens with two attached hydrogens (primary N) is 1. The minimum Gasteiger partial charge on any atom is -0.489 e. The summed E-state index contributed by atoms with van der Waals surface area (Å²) in [6.45, 7) is 6.34. The van der Waals surface area contributed by atoms with E-state index >= 15 is 4.39 Å². The van der Waals surface area contributed by atoms with Gasteiger partial charge in [0.2, 0.25) is 0 Å². The number of hydrogen-bond donors (Lipinski definition) is 2. The number of para-hydroxylation sites is 1. The van der Waals surface area contributed by atoms with Crippen LogP contribution in [-0.4, -0.2) is 23.9 Å². The first-order valence-electron chi connectivity index (χ1n) is 14.4. The highest BCUT2D eigenvalue weighted by atomic mass is 19.1. The lowest BCUT2D eigenvalue weighted by atomic mass is 9.67. The van der Waals surface area contributed by atoms with Crippen molar-refractivity contribution in [2.75, 3.05) is 0 Å². The number of furan rings is 1. The zero-order valence-electron chi connectivity index (χ0n) is 24.0. The molecule has 0 bridgehead atoms. The van der Waals surface area contributed by atoms with Crippen LogP contribution in [0.3, 0.4) is 0 Å². The smallest absolute Gasteiger partial charge is 0.307 e. The van der Waals surface area contributed by atoms with E-state index in [1.54, 1.807) is 36.5 Å². The van der Waals surface area contributed by atoms with Crippen LogP contribution in [0.4, 0.5) is 4.39 Å². The first-order valence-corrected chi connectivity index (χ1v) is 14.4. The molecule has 2 aromatic carbocycles. The quantitative estimate of drug-likeness (QED) is 0.187. The summed E-state index contributed by atoms with van der Waals surface area (Å²) >= 11 is 0. The predicted molar refractivity (Wildman–Crippen MR) is 161 cm³/mol. The molecule has 2 aromatic heterocycles. The third kappa shape index (κ3) is 6.81. The molecule has 2 heterocycles. The molecular formula is C33H38BFN2O4. The van der Waals surface area contributed by atoms with E-state index in [1.165, 1.54) is 0 Å². The number of aliphatic carboxylic acids is 1. The Morgan fingerprint density at radius 1 is 1.20 bits per heavy atom. The molecule has 1 aliphatic carbocycles. The maximum atomic E-state index is 15.4. The molecule has 5 rings (SSSR count). The Morgan fingerprint density at radius 2 is 1.98 bits per heavy atom. The molecule has 1 fully saturated rings. The Labute approximate surface area is 242 Å². The molecule has 0 spiro atoms. The maximum Gasteiger partial charge on any atom is 0.307 e. The van der Waals surface area contributed by atoms with E-state index in [2.05, 4.69) is 18.0 Å². The molecule has 1 saturated carbocycles. The van der Waals surface area contributed by atoms with Gasteiger partial charge < -0.3 is 20.0 Å². The van der Waals surface area contributed by atoms with Crippen LogP contribution in [0.2, 0.25) is 6.32 Å². The minimum atomic E-state index is -0.931. The van der Waals surface area contributed by atoms with Crippen LogP contribution >= 0.6 is 0 Å². The van der Waals surface area contributed by atoms with E-state index in [1.807, 2.05) is 26.0 Å². The van der Waals surface area contributed by atoms with Crippen molar-refractivity contribution in [1.29, 1.82) is 0 Å². The highest BCUT2D eigenvalue weighted by Gasteiger charge is 2.35. The van der Waals surface area contributed by atoms with E-state index in [9.17, 15) is 9.90 Å². The SMILES string of the molecule is CC.[B]CC(C)CC1CCC1c1cc2cc(COc3ccccc3CC(=O)O)cc(-c3ccnc(CN)c3F)c2o1. The van der Waals surface area contributed by atoms with E-state index in [0.29, 0.717) is 52.1 Å². The number of carbonyl (C=O) groups is 1. The monoisotopic (exact) mass is 556 g/mol. The van der Waals surface area contributed by atoms with Gasteiger partial charge in [0.1, 0.15) is 23.7 Å². The fourth-order valence-electron chi connectivity index (χ4n) is 5.49. The molecular weight excluding hydrogens is 518 g/mol. The molecule has 3 N–H and O–H groups in total. The van der Waals surface area contributed by atoms with Gasteiger partial charge in [-0.2, -0.15) is 0 Å². The molecule has 0 aliphatic heterocycles. The zero-order valence-corrected chi connectivity index (χ0v) is 24.0. The van der Waals surface area contributed by atoms with Crippen LogP contribution in [0.5, 0.6) is 5.75 Å². The Balaban J connectivity index is 0.00000189. The third-order valence-electron chi connectivity index (χ3n) is 7.74. The van der Waals surface area contributed by atoms with Gasteiger partial charge in [-0.1, -0.05) is 51.2 Å². The molecule has 214 valence electrons. The molecule has 1 aliphatic rings. The first kappa shape index (κ1) is 30.3. The standard InChI is InChI=1S/C31H32BFN2O4.C2H6/c1-18(15-32)10-20-6-7-23(20)28-13-22-11-19(17-38-27-5-3-2-4-21(27)14-29(36)37)12-25(31(22)39-28)24-8-9-35-26(16-34)30(24)33;1-2/h2-5,8-9,11-13,18,20,23H,6-7,10,14-17,34H2,1H3,(H,36,37);1-2H3. The van der Waals surface area contributed by atoms with Crippen LogP contribution in [0.25, 0.3) is 22.1 Å². The molecule has 4 aromatic rings. The number of carboxylic acid groups (broad SMARTS) is 1. The summed E-state index contributed by atoms with van der Waals surface area (Å²) in [7, 11) is 5.87. The van der Waals surface area contributed by atoms with Gasteiger partial charge in [0.05, 0.1) is 20.0 Å². The Hall–Kier alpha value is -3.65. The zero-order chi connectivity index (χ0) is 29.5. The number of benzene rings is 2. The number of nitrogens with zero attached hydrogens (tertiary/aromatic N) is 1. The lowest BCUT2D eigenvalue weighted by Gasteiger charge is -2.36. The number of carboxylic acids is 1. The molecule has 41 heavy (non-hydrogen) atoms. The van der Waals surface area contributed by atoms with Crippen molar-refractivity contribution < 1.29 is 23.4 Å². The second-order valence-electron chi connectivity index (χ2n) is 10.5. The summed E-state index contributed by atoms with van der Waals surface area (Å²) in [5, 5.41) is 10.1. The number of halogens is 1. The van der Waals surface area contributed by atoms with Crippen LogP contribution in [0.1, 0.15) is 68.5 Å². The number of fused-ring (bicyclic) bond motifs is 1. The van der Waals surface area contributed by atoms with Crippen LogP contribution in [0, 0.1) is 17.7 Å². The van der Waals surface area contributed by atoms with Crippen molar-refractivity contribution in [3.8, 4) is 16.9 Å². The average Bonchev–Trinajstić information content (AvgIpc) is 3.38. The fourth-order valence-corrected chi connectivity index (χ4v) is 5.49. The van der Waals surface area contributed by atoms with Crippen LogP contribution in [-0.2, 0) is 24.4 Å². The van der Waals surface area contributed by atoms with Crippen LogP contribution < -0.4 is 10.5 Å².